The monoisotopic (exact) mass is 331 g/mol. The van der Waals surface area contributed by atoms with Crippen molar-refractivity contribution in [1.29, 1.82) is 0 Å². The first-order chi connectivity index (χ1) is 7.76. The second-order valence-corrected chi connectivity index (χ2v) is 5.54. The molecule has 16 heavy (non-hydrogen) atoms. The van der Waals surface area contributed by atoms with Crippen LogP contribution in [0.25, 0.3) is 0 Å². The van der Waals surface area contributed by atoms with Crippen LogP contribution >= 0.6 is 22.6 Å². The van der Waals surface area contributed by atoms with Gasteiger partial charge in [-0.3, -0.25) is 0 Å². The second-order valence-electron chi connectivity index (χ2n) is 4.29. The van der Waals surface area contributed by atoms with Crippen LogP contribution in [0.2, 0.25) is 0 Å². The average Bonchev–Trinajstić information content (AvgIpc) is 2.29. The molecule has 0 aliphatic carbocycles. The molecule has 1 nitrogen and oxygen atoms in total. The molecular weight excluding hydrogens is 309 g/mol. The van der Waals surface area contributed by atoms with E-state index in [1.807, 2.05) is 0 Å². The van der Waals surface area contributed by atoms with E-state index in [0.29, 0.717) is 0 Å². The molecule has 1 rings (SSSR count). The van der Waals surface area contributed by atoms with Crippen LogP contribution in [0, 0.1) is 9.49 Å². The number of benzene rings is 1. The number of halogens is 1. The molecule has 0 radical (unpaired) electrons. The number of hydrogen-bond acceptors (Lipinski definition) is 1. The Kier molecular flexibility index (Phi) is 7.05. The molecule has 1 aromatic rings. The van der Waals surface area contributed by atoms with Crippen molar-refractivity contribution in [1.82, 2.24) is 5.32 Å². The van der Waals surface area contributed by atoms with Crippen LogP contribution in [0.15, 0.2) is 24.3 Å². The standard InChI is InChI=1S/C14H22IN/c1-3-5-13(11-16-4-2)10-12-6-8-14(15)9-7-12/h6-9,13,16H,3-5,10-11H2,1-2H3. The van der Waals surface area contributed by atoms with Gasteiger partial charge in [-0.05, 0) is 72.1 Å². The van der Waals surface area contributed by atoms with Crippen molar-refractivity contribution < 1.29 is 0 Å². The number of nitrogens with one attached hydrogen (secondary N) is 1. The van der Waals surface area contributed by atoms with Crippen molar-refractivity contribution in [3.05, 3.63) is 33.4 Å². The zero-order valence-corrected chi connectivity index (χ0v) is 12.5. The van der Waals surface area contributed by atoms with Crippen molar-refractivity contribution in [3.8, 4) is 0 Å². The maximum Gasteiger partial charge on any atom is 0.0130 e. The minimum Gasteiger partial charge on any atom is -0.317 e. The molecule has 0 aliphatic rings. The molecular formula is C14H22IN. The molecule has 0 saturated carbocycles. The minimum atomic E-state index is 0.782. The summed E-state index contributed by atoms with van der Waals surface area (Å²) in [5, 5.41) is 3.46. The summed E-state index contributed by atoms with van der Waals surface area (Å²) in [6.07, 6.45) is 3.80. The highest BCUT2D eigenvalue weighted by atomic mass is 127. The molecule has 90 valence electrons. The zero-order chi connectivity index (χ0) is 11.8. The first-order valence-electron chi connectivity index (χ1n) is 6.21. The molecule has 2 heteroatoms. The van der Waals surface area contributed by atoms with Crippen LogP contribution in [0.4, 0.5) is 0 Å². The van der Waals surface area contributed by atoms with Gasteiger partial charge in [-0.2, -0.15) is 0 Å². The zero-order valence-electron chi connectivity index (χ0n) is 10.3. The van der Waals surface area contributed by atoms with E-state index < -0.39 is 0 Å². The summed E-state index contributed by atoms with van der Waals surface area (Å²) in [6.45, 7) is 6.67. The third kappa shape index (κ3) is 5.30. The lowest BCUT2D eigenvalue weighted by atomic mass is 9.95. The van der Waals surface area contributed by atoms with Crippen LogP contribution in [-0.4, -0.2) is 13.1 Å². The second kappa shape index (κ2) is 8.07. The van der Waals surface area contributed by atoms with Crippen molar-refractivity contribution in [2.45, 2.75) is 33.1 Å². The van der Waals surface area contributed by atoms with Crippen molar-refractivity contribution in [3.63, 3.8) is 0 Å². The maximum atomic E-state index is 3.46. The highest BCUT2D eigenvalue weighted by Crippen LogP contribution is 2.15. The highest BCUT2D eigenvalue weighted by molar-refractivity contribution is 14.1. The molecule has 1 atom stereocenters. The lowest BCUT2D eigenvalue weighted by Gasteiger charge is -2.16. The van der Waals surface area contributed by atoms with E-state index in [1.54, 1.807) is 0 Å². The number of hydrogen-bond donors (Lipinski definition) is 1. The molecule has 1 N–H and O–H groups in total. The summed E-state index contributed by atoms with van der Waals surface area (Å²) in [6, 6.07) is 8.92. The van der Waals surface area contributed by atoms with Gasteiger partial charge < -0.3 is 5.32 Å². The first-order valence-corrected chi connectivity index (χ1v) is 7.29. The molecule has 0 amide bonds. The fraction of sp³-hybridized carbons (Fsp3) is 0.571. The van der Waals surface area contributed by atoms with E-state index in [1.165, 1.54) is 28.4 Å². The third-order valence-corrected chi connectivity index (χ3v) is 3.54. The van der Waals surface area contributed by atoms with Crippen LogP contribution in [-0.2, 0) is 6.42 Å². The van der Waals surface area contributed by atoms with Gasteiger partial charge in [-0.15, -0.1) is 0 Å². The number of rotatable bonds is 7. The normalized spacial score (nSPS) is 12.7. The van der Waals surface area contributed by atoms with Gasteiger partial charge in [0.2, 0.25) is 0 Å². The van der Waals surface area contributed by atoms with Gasteiger partial charge in [0.1, 0.15) is 0 Å². The van der Waals surface area contributed by atoms with Gasteiger partial charge in [0.25, 0.3) is 0 Å². The Labute approximate surface area is 113 Å². The third-order valence-electron chi connectivity index (χ3n) is 2.82. The Bertz CT molecular complexity index is 281. The van der Waals surface area contributed by atoms with Gasteiger partial charge in [0.05, 0.1) is 0 Å². The van der Waals surface area contributed by atoms with E-state index >= 15 is 0 Å². The van der Waals surface area contributed by atoms with E-state index in [2.05, 4.69) is 66.0 Å². The smallest absolute Gasteiger partial charge is 0.0130 e. The van der Waals surface area contributed by atoms with Crippen LogP contribution in [0.1, 0.15) is 32.3 Å². The molecule has 1 aromatic carbocycles. The van der Waals surface area contributed by atoms with Crippen LogP contribution in [0.3, 0.4) is 0 Å². The summed E-state index contributed by atoms with van der Waals surface area (Å²) in [5.74, 6) is 0.782. The fourth-order valence-electron chi connectivity index (χ4n) is 1.99. The van der Waals surface area contributed by atoms with Gasteiger partial charge in [-0.1, -0.05) is 32.4 Å². The Morgan fingerprint density at radius 3 is 2.44 bits per heavy atom. The van der Waals surface area contributed by atoms with E-state index in [-0.39, 0.29) is 0 Å². The van der Waals surface area contributed by atoms with E-state index in [0.717, 1.165) is 19.0 Å². The predicted octanol–water partition coefficient (Wildman–Crippen LogP) is 3.86. The molecule has 0 fully saturated rings. The molecule has 1 unspecified atom stereocenters. The average molecular weight is 331 g/mol. The van der Waals surface area contributed by atoms with Gasteiger partial charge in [-0.25, -0.2) is 0 Å². The molecule has 0 bridgehead atoms. The van der Waals surface area contributed by atoms with Crippen molar-refractivity contribution in [2.24, 2.45) is 5.92 Å². The summed E-state index contributed by atoms with van der Waals surface area (Å²) < 4.78 is 1.32. The Balaban J connectivity index is 2.49. The van der Waals surface area contributed by atoms with Crippen molar-refractivity contribution in [2.75, 3.05) is 13.1 Å². The largest absolute Gasteiger partial charge is 0.317 e. The molecule has 0 aromatic heterocycles. The topological polar surface area (TPSA) is 12.0 Å². The molecule has 0 saturated heterocycles. The molecule has 0 aliphatic heterocycles. The van der Waals surface area contributed by atoms with E-state index in [9.17, 15) is 0 Å². The summed E-state index contributed by atoms with van der Waals surface area (Å²) in [7, 11) is 0. The van der Waals surface area contributed by atoms with E-state index in [4.69, 9.17) is 0 Å². The maximum absolute atomic E-state index is 3.46. The van der Waals surface area contributed by atoms with Crippen LogP contribution < -0.4 is 5.32 Å². The Morgan fingerprint density at radius 2 is 1.88 bits per heavy atom. The Hall–Kier alpha value is -0.0900. The fourth-order valence-corrected chi connectivity index (χ4v) is 2.35. The minimum absolute atomic E-state index is 0.782. The predicted molar refractivity (Wildman–Crippen MR) is 79.8 cm³/mol. The SMILES string of the molecule is CCCC(CNCC)Cc1ccc(I)cc1. The summed E-state index contributed by atoms with van der Waals surface area (Å²) in [5.41, 5.74) is 1.47. The van der Waals surface area contributed by atoms with Gasteiger partial charge in [0.15, 0.2) is 0 Å². The summed E-state index contributed by atoms with van der Waals surface area (Å²) in [4.78, 5) is 0. The summed E-state index contributed by atoms with van der Waals surface area (Å²) >= 11 is 2.36. The molecule has 0 spiro atoms. The lowest BCUT2D eigenvalue weighted by molar-refractivity contribution is 0.444. The Morgan fingerprint density at radius 1 is 1.19 bits per heavy atom. The quantitative estimate of drug-likeness (QED) is 0.748. The molecule has 0 heterocycles. The van der Waals surface area contributed by atoms with Gasteiger partial charge >= 0.3 is 0 Å². The van der Waals surface area contributed by atoms with Crippen molar-refractivity contribution >= 4 is 22.6 Å². The first kappa shape index (κ1) is 14.0. The van der Waals surface area contributed by atoms with Crippen LogP contribution in [0.5, 0.6) is 0 Å². The highest BCUT2D eigenvalue weighted by Gasteiger charge is 2.07. The lowest BCUT2D eigenvalue weighted by Crippen LogP contribution is -2.24. The van der Waals surface area contributed by atoms with Gasteiger partial charge in [0, 0.05) is 3.57 Å².